The average Bonchev–Trinajstić information content (AvgIpc) is 1.62. The number of rotatable bonds is 18. The molecule has 0 radical (unpaired) electrons. The van der Waals surface area contributed by atoms with E-state index in [1.165, 1.54) is 36.4 Å². The van der Waals surface area contributed by atoms with Gasteiger partial charge in [0, 0.05) is 91.3 Å². The Hall–Kier alpha value is -12.1. The Bertz CT molecular complexity index is 5690. The maximum Gasteiger partial charge on any atom is 0.494 e. The molecule has 4 saturated heterocycles. The number of aromatic nitrogens is 9. The molecule has 4 aliphatic heterocycles. The van der Waals surface area contributed by atoms with E-state index in [9.17, 15) is 37.1 Å². The van der Waals surface area contributed by atoms with Gasteiger partial charge < -0.3 is 58.7 Å². The van der Waals surface area contributed by atoms with E-state index >= 15 is 0 Å². The van der Waals surface area contributed by atoms with Crippen LogP contribution in [0.2, 0.25) is 0 Å². The van der Waals surface area contributed by atoms with Crippen LogP contribution in [0, 0.1) is 23.4 Å². The van der Waals surface area contributed by atoms with Crippen LogP contribution in [0.4, 0.5) is 35.0 Å². The SMILES string of the molecule is CC(C)(C)OC(=O)N[C@H]1CC(=O)N(c2ccc(B3OC(C)(C)C(C)(C)O3)cc2)C1.C[C@@H](Oc1ccc2ncc(-c3ccc(N4C[C@@H](CC(=O)OC(C)(C)C)CC4=O)cc3)n2n1)c1cccc(F)c1.C[C@@H](Oc1ccc2ncc(-c3ccc(N4C[C@@H](N)CC4=O)cc3)n2n1)c1cccc(F)c1.C[C@@H](Oc1ccc2ncc(Br)n2n1)c1cccc(F)c1. The van der Waals surface area contributed by atoms with Crippen molar-refractivity contribution in [2.75, 3.05) is 34.3 Å². The summed E-state index contributed by atoms with van der Waals surface area (Å²) in [5, 5.41) is 16.3. The minimum Gasteiger partial charge on any atom is -0.469 e. The number of alkyl carbamates (subject to hydrolysis) is 1. The summed E-state index contributed by atoms with van der Waals surface area (Å²) in [6, 6.07) is 52.1. The Balaban J connectivity index is 0.000000141. The number of imidazole rings is 3. The predicted octanol–water partition coefficient (Wildman–Crippen LogP) is 15.9. The molecule has 4 fully saturated rings. The van der Waals surface area contributed by atoms with Gasteiger partial charge in [-0.1, -0.05) is 72.8 Å². The van der Waals surface area contributed by atoms with Crippen molar-refractivity contribution in [2.24, 2.45) is 11.7 Å². The van der Waals surface area contributed by atoms with Gasteiger partial charge in [0.25, 0.3) is 0 Å². The van der Waals surface area contributed by atoms with Gasteiger partial charge in [-0.15, -0.1) is 15.3 Å². The molecule has 4 aliphatic rings. The zero-order chi connectivity index (χ0) is 85.7. The van der Waals surface area contributed by atoms with E-state index in [1.807, 2.05) is 172 Å². The molecule has 120 heavy (non-hydrogen) atoms. The van der Waals surface area contributed by atoms with Crippen molar-refractivity contribution in [3.63, 3.8) is 0 Å². The van der Waals surface area contributed by atoms with Crippen molar-refractivity contribution in [3.05, 3.63) is 239 Å². The number of hydrogen-bond donors (Lipinski definition) is 2. The first kappa shape index (κ1) is 85.8. The van der Waals surface area contributed by atoms with Gasteiger partial charge in [0.15, 0.2) is 16.9 Å². The van der Waals surface area contributed by atoms with Crippen LogP contribution in [0.25, 0.3) is 39.5 Å². The molecule has 10 heterocycles. The van der Waals surface area contributed by atoms with Crippen LogP contribution in [0.3, 0.4) is 0 Å². The number of esters is 1. The van der Waals surface area contributed by atoms with Crippen LogP contribution in [-0.4, -0.2) is 135 Å². The molecule has 0 bridgehead atoms. The molecule has 31 heteroatoms. The fourth-order valence-electron chi connectivity index (χ4n) is 13.9. The third-order valence-corrected chi connectivity index (χ3v) is 21.1. The first-order valence-corrected chi connectivity index (χ1v) is 40.2. The molecule has 6 atom stereocenters. The largest absolute Gasteiger partial charge is 0.494 e. The maximum atomic E-state index is 13.6. The van der Waals surface area contributed by atoms with Crippen molar-refractivity contribution >= 4 is 92.3 Å². The molecular weight excluding hydrogens is 1600 g/mol. The zero-order valence-corrected chi connectivity index (χ0v) is 70.5. The summed E-state index contributed by atoms with van der Waals surface area (Å²) in [6.45, 7) is 25.9. The van der Waals surface area contributed by atoms with Crippen LogP contribution in [0.1, 0.15) is 151 Å². The lowest BCUT2D eigenvalue weighted by Gasteiger charge is -2.32. The van der Waals surface area contributed by atoms with E-state index in [1.54, 1.807) is 110 Å². The number of amides is 4. The molecule has 624 valence electrons. The van der Waals surface area contributed by atoms with Gasteiger partial charge in [0.1, 0.15) is 51.6 Å². The smallest absolute Gasteiger partial charge is 0.469 e. The van der Waals surface area contributed by atoms with Crippen LogP contribution in [0.15, 0.2) is 205 Å². The highest BCUT2D eigenvalue weighted by Gasteiger charge is 2.52. The summed E-state index contributed by atoms with van der Waals surface area (Å²) in [5.74, 6) is -0.0377. The van der Waals surface area contributed by atoms with Crippen molar-refractivity contribution < 1.29 is 70.1 Å². The van der Waals surface area contributed by atoms with Crippen molar-refractivity contribution in [3.8, 4) is 40.2 Å². The lowest BCUT2D eigenvalue weighted by molar-refractivity contribution is -0.155. The zero-order valence-electron chi connectivity index (χ0n) is 68.9. The summed E-state index contributed by atoms with van der Waals surface area (Å²) in [7, 11) is -0.440. The minimum atomic E-state index is -0.574. The number of carbonyl (C=O) groups is 5. The summed E-state index contributed by atoms with van der Waals surface area (Å²) < 4.78 is 86.6. The second-order valence-corrected chi connectivity index (χ2v) is 33.6. The van der Waals surface area contributed by atoms with Gasteiger partial charge in [-0.3, -0.25) is 19.2 Å². The summed E-state index contributed by atoms with van der Waals surface area (Å²) in [4.78, 5) is 79.6. The molecule has 3 N–H and O–H groups in total. The molecule has 26 nitrogen and oxygen atoms in total. The number of halogens is 4. The van der Waals surface area contributed by atoms with Gasteiger partial charge in [0.05, 0.1) is 53.6 Å². The third kappa shape index (κ3) is 21.1. The van der Waals surface area contributed by atoms with Crippen molar-refractivity contribution in [2.45, 2.75) is 168 Å². The normalized spacial score (nSPS) is 17.7. The van der Waals surface area contributed by atoms with E-state index in [2.05, 4.69) is 51.5 Å². The lowest BCUT2D eigenvalue weighted by Crippen LogP contribution is -2.41. The van der Waals surface area contributed by atoms with Crippen molar-refractivity contribution in [1.29, 1.82) is 0 Å². The average molecular weight is 1700 g/mol. The standard InChI is InChI=1S/C30H31FN4O4.C24H22FN5O2.C21H31BN2O5.C14H11BrFN3O/c1-19(22-6-5-7-23(31)16-22)38-27-13-12-26-32-17-25(35(26)33-27)21-8-10-24(11-9-21)34-18-20(14-28(34)36)15-29(37)39-30(2,3)4;1-15(17-3-2-4-18(25)11-17)32-23-10-9-22-27-13-21(30(22)28-23)16-5-7-20(8-6-16)29-14-19(26)12-24(29)31;1-19(2,3)27-18(26)23-15-12-17(25)24(13-15)16-10-8-14(9-11-16)22-28-20(4,5)21(6,7)29-22;1-9(10-3-2-4-11(16)7-10)20-14-6-5-13-17-8-12(15)19(13)18-14/h5-13,16-17,19-20H,14-15,18H2,1-4H3;2-11,13,15,19H,12,14,26H2,1H3;8-11,15H,12-13H2,1-7H3,(H,23,26);2-9H,1H3/t19-,20-;15-,19+;15-;9-/m1101/s1. The van der Waals surface area contributed by atoms with Crippen LogP contribution in [0.5, 0.6) is 17.6 Å². The summed E-state index contributed by atoms with van der Waals surface area (Å²) in [6.07, 6.45) is 4.73. The number of anilines is 3. The highest BCUT2D eigenvalue weighted by Crippen LogP contribution is 2.38. The first-order chi connectivity index (χ1) is 56.9. The molecule has 16 rings (SSSR count). The number of nitrogens with two attached hydrogens (primary N) is 1. The monoisotopic (exact) mass is 1700 g/mol. The van der Waals surface area contributed by atoms with E-state index in [0.29, 0.717) is 67.0 Å². The Kier molecular flexibility index (Phi) is 25.6. The molecule has 0 aliphatic carbocycles. The topological polar surface area (TPSA) is 288 Å². The van der Waals surface area contributed by atoms with E-state index in [0.717, 1.165) is 66.4 Å². The maximum absolute atomic E-state index is 13.6. The Morgan fingerprint density at radius 1 is 0.517 bits per heavy atom. The third-order valence-electron chi connectivity index (χ3n) is 20.6. The Morgan fingerprint density at radius 2 is 0.908 bits per heavy atom. The van der Waals surface area contributed by atoms with Gasteiger partial charge in [-0.2, -0.15) is 0 Å². The van der Waals surface area contributed by atoms with E-state index < -0.39 is 41.7 Å². The number of nitrogens with one attached hydrogen (secondary N) is 1. The minimum absolute atomic E-state index is 0.0121. The van der Waals surface area contributed by atoms with Gasteiger partial charge in [0.2, 0.25) is 35.4 Å². The van der Waals surface area contributed by atoms with E-state index in [4.69, 9.17) is 38.7 Å². The second kappa shape index (κ2) is 35.9. The first-order valence-electron chi connectivity index (χ1n) is 39.4. The van der Waals surface area contributed by atoms with Crippen LogP contribution >= 0.6 is 15.9 Å². The number of carbonyl (C=O) groups excluding carboxylic acids is 5. The predicted molar refractivity (Wildman–Crippen MR) is 452 cm³/mol. The molecular formula is C89H95BBrF3N14O12. The van der Waals surface area contributed by atoms with Crippen LogP contribution < -0.4 is 45.4 Å². The Labute approximate surface area is 701 Å². The second-order valence-electron chi connectivity index (χ2n) is 32.8. The fraction of sp³-hybridized carbons (Fsp3) is 0.337. The lowest BCUT2D eigenvalue weighted by atomic mass is 9.79. The fourth-order valence-corrected chi connectivity index (χ4v) is 14.2. The van der Waals surface area contributed by atoms with Gasteiger partial charge >= 0.3 is 19.2 Å². The Morgan fingerprint density at radius 3 is 1.33 bits per heavy atom. The van der Waals surface area contributed by atoms with Crippen LogP contribution in [-0.2, 0) is 38.0 Å². The quantitative estimate of drug-likeness (QED) is 0.0596. The molecule has 12 aromatic rings. The highest BCUT2D eigenvalue weighted by atomic mass is 79.9. The molecule has 4 amide bonds. The number of ether oxygens (including phenoxy) is 5. The van der Waals surface area contributed by atoms with Gasteiger partial charge in [-0.25, -0.2) is 46.5 Å². The van der Waals surface area contributed by atoms with Gasteiger partial charge in [-0.05, 0) is 225 Å². The number of nitrogens with zero attached hydrogens (tertiary/aromatic N) is 12. The summed E-state index contributed by atoms with van der Waals surface area (Å²) >= 11 is 3.35. The molecule has 6 aromatic heterocycles. The highest BCUT2D eigenvalue weighted by molar-refractivity contribution is 9.10. The summed E-state index contributed by atoms with van der Waals surface area (Å²) in [5.41, 5.74) is 14.8. The number of benzene rings is 6. The van der Waals surface area contributed by atoms with Crippen molar-refractivity contribution in [1.82, 2.24) is 49.1 Å². The number of fused-ring (bicyclic) bond motifs is 3. The molecule has 0 saturated carbocycles. The molecule has 0 unspecified atom stereocenters. The van der Waals surface area contributed by atoms with E-state index in [-0.39, 0.29) is 84.2 Å². The number of hydrogen-bond acceptors (Lipinski definition) is 19. The molecule has 0 spiro atoms. The molecule has 6 aromatic carbocycles.